The van der Waals surface area contributed by atoms with Crippen LogP contribution in [0.15, 0.2) is 12.4 Å². The van der Waals surface area contributed by atoms with Crippen molar-refractivity contribution >= 4 is 11.6 Å². The Kier molecular flexibility index (Phi) is 3.78. The molecule has 0 aromatic carbocycles. The van der Waals surface area contributed by atoms with Crippen LogP contribution in [0.2, 0.25) is 0 Å². The number of anilines is 1. The number of aryl methyl sites for hydroxylation is 3. The lowest BCUT2D eigenvalue weighted by atomic mass is 10.2. The summed E-state index contributed by atoms with van der Waals surface area (Å²) in [4.78, 5) is 14.1. The molecule has 2 N–H and O–H groups in total. The number of nitrogens with two attached hydrogens (primary N) is 1. The Hall–Kier alpha value is -2.31. The zero-order valence-corrected chi connectivity index (χ0v) is 12.3. The summed E-state index contributed by atoms with van der Waals surface area (Å²) in [7, 11) is 3.59. The van der Waals surface area contributed by atoms with Crippen molar-refractivity contribution in [1.82, 2.24) is 24.5 Å². The molecule has 0 saturated heterocycles. The van der Waals surface area contributed by atoms with Crippen LogP contribution in [0.4, 0.5) is 5.69 Å². The number of carbonyl (C=O) groups is 1. The van der Waals surface area contributed by atoms with Crippen molar-refractivity contribution in [3.05, 3.63) is 29.3 Å². The van der Waals surface area contributed by atoms with Crippen LogP contribution in [-0.2, 0) is 20.1 Å². The minimum absolute atomic E-state index is 0.131. The van der Waals surface area contributed by atoms with Gasteiger partial charge >= 0.3 is 0 Å². The molecule has 20 heavy (non-hydrogen) atoms. The highest BCUT2D eigenvalue weighted by Crippen LogP contribution is 2.18. The Labute approximate surface area is 118 Å². The molecule has 0 spiro atoms. The van der Waals surface area contributed by atoms with Gasteiger partial charge in [-0.25, -0.2) is 0 Å². The lowest BCUT2D eigenvalue weighted by Gasteiger charge is -2.17. The summed E-state index contributed by atoms with van der Waals surface area (Å²) in [5.74, 6) is -0.131. The molecule has 2 aromatic heterocycles. The van der Waals surface area contributed by atoms with E-state index in [4.69, 9.17) is 5.73 Å². The summed E-state index contributed by atoms with van der Waals surface area (Å²) in [6, 6.07) is 0. The third-order valence-corrected chi connectivity index (χ3v) is 3.20. The van der Waals surface area contributed by atoms with Gasteiger partial charge in [0.15, 0.2) is 0 Å². The molecule has 0 aliphatic carbocycles. The number of nitrogen functional groups attached to an aromatic ring is 1. The average Bonchev–Trinajstić information content (AvgIpc) is 2.93. The molecule has 0 fully saturated rings. The summed E-state index contributed by atoms with van der Waals surface area (Å²) in [5, 5.41) is 8.36. The molecule has 0 atom stereocenters. The molecule has 1 amide bonds. The minimum Gasteiger partial charge on any atom is -0.395 e. The molecule has 7 heteroatoms. The highest BCUT2D eigenvalue weighted by Gasteiger charge is 2.22. The van der Waals surface area contributed by atoms with Gasteiger partial charge in [0, 0.05) is 38.9 Å². The van der Waals surface area contributed by atoms with Crippen LogP contribution in [0.25, 0.3) is 0 Å². The Balaban J connectivity index is 2.22. The van der Waals surface area contributed by atoms with E-state index < -0.39 is 0 Å². The summed E-state index contributed by atoms with van der Waals surface area (Å²) in [5.41, 5.74) is 8.53. The number of hydrogen-bond acceptors (Lipinski definition) is 4. The molecule has 0 saturated carbocycles. The molecule has 2 aromatic rings. The minimum atomic E-state index is -0.131. The third-order valence-electron chi connectivity index (χ3n) is 3.20. The summed E-state index contributed by atoms with van der Waals surface area (Å²) in [6.07, 6.45) is 3.63. The number of amides is 1. The van der Waals surface area contributed by atoms with Crippen molar-refractivity contribution in [3.8, 4) is 0 Å². The number of nitrogens with zero attached hydrogens (tertiary/aromatic N) is 5. The number of hydrogen-bond donors (Lipinski definition) is 1. The van der Waals surface area contributed by atoms with Crippen molar-refractivity contribution < 1.29 is 4.79 Å². The Morgan fingerprint density at radius 1 is 1.50 bits per heavy atom. The van der Waals surface area contributed by atoms with Gasteiger partial charge in [-0.1, -0.05) is 0 Å². The number of rotatable bonds is 4. The molecule has 0 aliphatic rings. The second-order valence-corrected chi connectivity index (χ2v) is 4.85. The lowest BCUT2D eigenvalue weighted by Crippen LogP contribution is -2.29. The fraction of sp³-hybridized carbons (Fsp3) is 0.462. The van der Waals surface area contributed by atoms with E-state index in [2.05, 4.69) is 10.2 Å². The SMILES string of the molecule is CCn1nc(C)c(N)c1C(=O)N(C)Cc1cnn(C)c1. The maximum Gasteiger partial charge on any atom is 0.274 e. The zero-order valence-electron chi connectivity index (χ0n) is 12.3. The van der Waals surface area contributed by atoms with Crippen LogP contribution in [0.1, 0.15) is 28.7 Å². The summed E-state index contributed by atoms with van der Waals surface area (Å²) < 4.78 is 3.36. The van der Waals surface area contributed by atoms with Crippen LogP contribution in [-0.4, -0.2) is 37.4 Å². The fourth-order valence-corrected chi connectivity index (χ4v) is 2.13. The Bertz CT molecular complexity index is 627. The van der Waals surface area contributed by atoms with Gasteiger partial charge in [0.25, 0.3) is 5.91 Å². The van der Waals surface area contributed by atoms with E-state index in [0.717, 1.165) is 5.56 Å². The van der Waals surface area contributed by atoms with Crippen molar-refractivity contribution in [2.45, 2.75) is 26.9 Å². The maximum atomic E-state index is 12.5. The summed E-state index contributed by atoms with van der Waals surface area (Å²) >= 11 is 0. The van der Waals surface area contributed by atoms with E-state index in [1.165, 1.54) is 0 Å². The first-order valence-corrected chi connectivity index (χ1v) is 6.49. The van der Waals surface area contributed by atoms with Gasteiger partial charge in [0.2, 0.25) is 0 Å². The van der Waals surface area contributed by atoms with E-state index in [1.807, 2.05) is 20.2 Å². The predicted molar refractivity (Wildman–Crippen MR) is 76.1 cm³/mol. The van der Waals surface area contributed by atoms with Gasteiger partial charge in [-0.05, 0) is 13.8 Å². The van der Waals surface area contributed by atoms with Crippen LogP contribution < -0.4 is 5.73 Å². The monoisotopic (exact) mass is 276 g/mol. The largest absolute Gasteiger partial charge is 0.395 e. The molecule has 0 radical (unpaired) electrons. The van der Waals surface area contributed by atoms with E-state index in [9.17, 15) is 4.79 Å². The van der Waals surface area contributed by atoms with Gasteiger partial charge in [-0.2, -0.15) is 10.2 Å². The number of aromatic nitrogens is 4. The quantitative estimate of drug-likeness (QED) is 0.895. The molecule has 2 heterocycles. The normalized spacial score (nSPS) is 10.8. The predicted octanol–water partition coefficient (Wildman–Crippen LogP) is 0.799. The van der Waals surface area contributed by atoms with E-state index in [1.54, 1.807) is 34.4 Å². The fourth-order valence-electron chi connectivity index (χ4n) is 2.13. The topological polar surface area (TPSA) is 82.0 Å². The van der Waals surface area contributed by atoms with Crippen LogP contribution >= 0.6 is 0 Å². The second kappa shape index (κ2) is 5.36. The van der Waals surface area contributed by atoms with E-state index >= 15 is 0 Å². The Morgan fingerprint density at radius 2 is 2.20 bits per heavy atom. The van der Waals surface area contributed by atoms with Crippen LogP contribution in [0.5, 0.6) is 0 Å². The standard InChI is InChI=1S/C13H20N6O/c1-5-19-12(11(14)9(2)16-19)13(20)17(3)7-10-6-15-18(4)8-10/h6,8H,5,7,14H2,1-4H3. The molecular weight excluding hydrogens is 256 g/mol. The highest BCUT2D eigenvalue weighted by atomic mass is 16.2. The smallest absolute Gasteiger partial charge is 0.274 e. The molecule has 0 aliphatic heterocycles. The van der Waals surface area contributed by atoms with Gasteiger partial charge in [0.05, 0.1) is 17.6 Å². The van der Waals surface area contributed by atoms with Crippen molar-refractivity contribution in [1.29, 1.82) is 0 Å². The van der Waals surface area contributed by atoms with Crippen LogP contribution in [0, 0.1) is 6.92 Å². The van der Waals surface area contributed by atoms with Gasteiger partial charge in [0.1, 0.15) is 5.69 Å². The molecule has 0 bridgehead atoms. The molecule has 0 unspecified atom stereocenters. The van der Waals surface area contributed by atoms with Crippen LogP contribution in [0.3, 0.4) is 0 Å². The van der Waals surface area contributed by atoms with Gasteiger partial charge in [-0.15, -0.1) is 0 Å². The maximum absolute atomic E-state index is 12.5. The molecule has 108 valence electrons. The van der Waals surface area contributed by atoms with Gasteiger partial charge < -0.3 is 10.6 Å². The molecule has 7 nitrogen and oxygen atoms in total. The number of carbonyl (C=O) groups excluding carboxylic acids is 1. The molecular formula is C13H20N6O. The Morgan fingerprint density at radius 3 is 2.75 bits per heavy atom. The second-order valence-electron chi connectivity index (χ2n) is 4.85. The van der Waals surface area contributed by atoms with Crippen molar-refractivity contribution in [2.75, 3.05) is 12.8 Å². The first-order valence-electron chi connectivity index (χ1n) is 6.49. The van der Waals surface area contributed by atoms with Crippen molar-refractivity contribution in [2.24, 2.45) is 7.05 Å². The summed E-state index contributed by atoms with van der Waals surface area (Å²) in [6.45, 7) is 4.84. The average molecular weight is 276 g/mol. The van der Waals surface area contributed by atoms with E-state index in [0.29, 0.717) is 30.2 Å². The van der Waals surface area contributed by atoms with Crippen molar-refractivity contribution in [3.63, 3.8) is 0 Å². The third kappa shape index (κ3) is 2.52. The lowest BCUT2D eigenvalue weighted by molar-refractivity contribution is 0.0774. The first kappa shape index (κ1) is 14.1. The first-order chi connectivity index (χ1) is 9.43. The van der Waals surface area contributed by atoms with E-state index in [-0.39, 0.29) is 5.91 Å². The zero-order chi connectivity index (χ0) is 14.9. The van der Waals surface area contributed by atoms with Gasteiger partial charge in [-0.3, -0.25) is 14.2 Å². The molecule has 2 rings (SSSR count). The highest BCUT2D eigenvalue weighted by molar-refractivity contribution is 5.97.